The molecule has 1 aromatic carbocycles. The second-order valence-electron chi connectivity index (χ2n) is 8.99. The van der Waals surface area contributed by atoms with Crippen molar-refractivity contribution < 1.29 is 14.7 Å². The number of β-amino-alcohol motifs (C(OH)–C–C–N with tert-alkyl or cyclic N) is 1. The third-order valence-electron chi connectivity index (χ3n) is 5.60. The molecule has 0 radical (unpaired) electrons. The first-order chi connectivity index (χ1) is 14.1. The number of aromatic nitrogens is 2. The van der Waals surface area contributed by atoms with Gasteiger partial charge in [0.1, 0.15) is 6.04 Å². The lowest BCUT2D eigenvalue weighted by Crippen LogP contribution is -2.54. The van der Waals surface area contributed by atoms with Crippen LogP contribution in [0.5, 0.6) is 0 Å². The Morgan fingerprint density at radius 3 is 2.45 bits per heavy atom. The predicted octanol–water partition coefficient (Wildman–Crippen LogP) is 1.46. The summed E-state index contributed by atoms with van der Waals surface area (Å²) in [7, 11) is 1.89. The van der Waals surface area contributed by atoms with E-state index >= 15 is 0 Å². The smallest absolute Gasteiger partial charge is 0.243 e. The maximum Gasteiger partial charge on any atom is 0.243 e. The minimum Gasteiger partial charge on any atom is -0.391 e. The largest absolute Gasteiger partial charge is 0.391 e. The summed E-state index contributed by atoms with van der Waals surface area (Å²) in [5.41, 5.74) is 8.66. The molecule has 1 aromatic heterocycles. The fourth-order valence-corrected chi connectivity index (χ4v) is 3.61. The van der Waals surface area contributed by atoms with E-state index in [-0.39, 0.29) is 37.2 Å². The minimum atomic E-state index is -0.738. The molecule has 1 saturated heterocycles. The number of carbonyl (C=O) groups excluding carboxylic acids is 2. The van der Waals surface area contributed by atoms with E-state index in [2.05, 4.69) is 10.4 Å². The third kappa shape index (κ3) is 5.64. The van der Waals surface area contributed by atoms with Crippen molar-refractivity contribution in [3.05, 3.63) is 42.1 Å². The van der Waals surface area contributed by atoms with Gasteiger partial charge in [-0.3, -0.25) is 14.3 Å². The molecule has 1 aliphatic rings. The molecular formula is C22H32ClN5O3. The molecule has 0 spiro atoms. The summed E-state index contributed by atoms with van der Waals surface area (Å²) in [6.45, 7) is 6.11. The molecule has 4 N–H and O–H groups in total. The molecule has 0 saturated carbocycles. The van der Waals surface area contributed by atoms with E-state index in [0.29, 0.717) is 6.54 Å². The Morgan fingerprint density at radius 1 is 1.26 bits per heavy atom. The molecule has 2 aromatic rings. The van der Waals surface area contributed by atoms with Crippen LogP contribution in [0.25, 0.3) is 11.3 Å². The number of nitrogens with two attached hydrogens (primary N) is 1. The van der Waals surface area contributed by atoms with Crippen molar-refractivity contribution in [3.8, 4) is 11.3 Å². The Balaban J connectivity index is 0.00000341. The zero-order chi connectivity index (χ0) is 22.1. The van der Waals surface area contributed by atoms with Crippen LogP contribution < -0.4 is 11.1 Å². The van der Waals surface area contributed by atoms with Gasteiger partial charge in [0.25, 0.3) is 0 Å². The van der Waals surface area contributed by atoms with E-state index in [1.54, 1.807) is 10.9 Å². The number of rotatable bonds is 5. The minimum absolute atomic E-state index is 0. The summed E-state index contributed by atoms with van der Waals surface area (Å²) in [6, 6.07) is 8.35. The molecule has 170 valence electrons. The molecule has 31 heavy (non-hydrogen) atoms. The number of aliphatic hydroxyl groups excluding tert-OH is 1. The van der Waals surface area contributed by atoms with Gasteiger partial charge in [-0.1, -0.05) is 45.0 Å². The number of likely N-dealkylation sites (tertiary alicyclic amines) is 1. The Labute approximate surface area is 189 Å². The lowest BCUT2D eigenvalue weighted by atomic mass is 9.86. The molecule has 0 bridgehead atoms. The van der Waals surface area contributed by atoms with Crippen LogP contribution >= 0.6 is 12.4 Å². The molecule has 1 fully saturated rings. The SMILES string of the molecule is Cl.Cn1nccc1-c1ccc(CNC(=O)[C@@H]2C[C@@H](O)CN2C(=O)[C@@H](N)C(C)(C)C)cc1. The maximum absolute atomic E-state index is 12.8. The van der Waals surface area contributed by atoms with E-state index in [1.165, 1.54) is 4.90 Å². The molecule has 2 heterocycles. The third-order valence-corrected chi connectivity index (χ3v) is 5.60. The number of nitrogens with zero attached hydrogens (tertiary/aromatic N) is 3. The van der Waals surface area contributed by atoms with Crippen molar-refractivity contribution in [2.45, 2.75) is 51.9 Å². The van der Waals surface area contributed by atoms with Gasteiger partial charge in [0.05, 0.1) is 17.8 Å². The number of amides is 2. The number of carbonyl (C=O) groups is 2. The number of hydrogen-bond donors (Lipinski definition) is 3. The van der Waals surface area contributed by atoms with Crippen LogP contribution in [0, 0.1) is 5.41 Å². The zero-order valence-corrected chi connectivity index (χ0v) is 19.2. The van der Waals surface area contributed by atoms with E-state index in [9.17, 15) is 14.7 Å². The molecule has 3 rings (SSSR count). The van der Waals surface area contributed by atoms with Gasteiger partial charge in [0.15, 0.2) is 0 Å². The summed E-state index contributed by atoms with van der Waals surface area (Å²) in [6.07, 6.45) is 1.24. The highest BCUT2D eigenvalue weighted by Crippen LogP contribution is 2.25. The number of benzene rings is 1. The molecule has 3 atom stereocenters. The van der Waals surface area contributed by atoms with Gasteiger partial charge in [-0.25, -0.2) is 0 Å². The monoisotopic (exact) mass is 449 g/mol. The standard InChI is InChI=1S/C22H31N5O3.ClH/c1-22(2,3)19(23)21(30)27-13-16(28)11-18(27)20(29)24-12-14-5-7-15(8-6-14)17-9-10-25-26(17)4;/h5-10,16,18-19,28H,11-13,23H2,1-4H3,(H,24,29);1H/t16-,18+,19-;/m1./s1. The van der Waals surface area contributed by atoms with Crippen LogP contribution in [0.15, 0.2) is 36.5 Å². The first kappa shape index (κ1) is 24.8. The van der Waals surface area contributed by atoms with Gasteiger partial charge in [0.2, 0.25) is 11.8 Å². The first-order valence-electron chi connectivity index (χ1n) is 10.2. The Kier molecular flexibility index (Phi) is 7.86. The molecule has 1 aliphatic heterocycles. The summed E-state index contributed by atoms with van der Waals surface area (Å²) < 4.78 is 1.80. The lowest BCUT2D eigenvalue weighted by Gasteiger charge is -2.32. The van der Waals surface area contributed by atoms with Crippen molar-refractivity contribution in [3.63, 3.8) is 0 Å². The fraction of sp³-hybridized carbons (Fsp3) is 0.500. The number of halogens is 1. The van der Waals surface area contributed by atoms with Crippen LogP contribution in [-0.2, 0) is 23.2 Å². The predicted molar refractivity (Wildman–Crippen MR) is 121 cm³/mol. The molecule has 0 unspecified atom stereocenters. The normalized spacial score (nSPS) is 19.6. The number of nitrogens with one attached hydrogen (secondary N) is 1. The van der Waals surface area contributed by atoms with Crippen LogP contribution in [0.4, 0.5) is 0 Å². The highest BCUT2D eigenvalue weighted by atomic mass is 35.5. The van der Waals surface area contributed by atoms with Gasteiger partial charge in [-0.2, -0.15) is 5.10 Å². The summed E-state index contributed by atoms with van der Waals surface area (Å²) >= 11 is 0. The van der Waals surface area contributed by atoms with E-state index < -0.39 is 23.6 Å². The Bertz CT molecular complexity index is 907. The van der Waals surface area contributed by atoms with Crippen molar-refractivity contribution in [1.29, 1.82) is 0 Å². The van der Waals surface area contributed by atoms with Crippen molar-refractivity contribution in [2.75, 3.05) is 6.54 Å². The second-order valence-corrected chi connectivity index (χ2v) is 8.99. The Hall–Kier alpha value is -2.42. The Morgan fingerprint density at radius 2 is 1.90 bits per heavy atom. The summed E-state index contributed by atoms with van der Waals surface area (Å²) in [5, 5.41) is 17.1. The van der Waals surface area contributed by atoms with Gasteiger partial charge >= 0.3 is 0 Å². The fourth-order valence-electron chi connectivity index (χ4n) is 3.61. The average Bonchev–Trinajstić information content (AvgIpc) is 3.30. The zero-order valence-electron chi connectivity index (χ0n) is 18.4. The van der Waals surface area contributed by atoms with Gasteiger partial charge < -0.3 is 21.1 Å². The lowest BCUT2D eigenvalue weighted by molar-refractivity contribution is -0.141. The van der Waals surface area contributed by atoms with Crippen LogP contribution in [-0.4, -0.2) is 56.3 Å². The average molecular weight is 450 g/mol. The van der Waals surface area contributed by atoms with Crippen molar-refractivity contribution in [2.24, 2.45) is 18.2 Å². The van der Waals surface area contributed by atoms with Gasteiger partial charge in [-0.05, 0) is 22.6 Å². The quantitative estimate of drug-likeness (QED) is 0.639. The molecular weight excluding hydrogens is 418 g/mol. The number of aliphatic hydroxyl groups is 1. The second kappa shape index (κ2) is 9.80. The molecule has 2 amide bonds. The van der Waals surface area contributed by atoms with E-state index in [4.69, 9.17) is 5.73 Å². The highest BCUT2D eigenvalue weighted by molar-refractivity contribution is 5.90. The summed E-state index contributed by atoms with van der Waals surface area (Å²) in [4.78, 5) is 27.0. The number of aryl methyl sites for hydroxylation is 1. The van der Waals surface area contributed by atoms with Crippen molar-refractivity contribution in [1.82, 2.24) is 20.0 Å². The first-order valence-corrected chi connectivity index (χ1v) is 10.2. The topological polar surface area (TPSA) is 113 Å². The highest BCUT2D eigenvalue weighted by Gasteiger charge is 2.42. The van der Waals surface area contributed by atoms with Crippen LogP contribution in [0.1, 0.15) is 32.8 Å². The summed E-state index contributed by atoms with van der Waals surface area (Å²) in [5.74, 6) is -0.587. The van der Waals surface area contributed by atoms with Crippen molar-refractivity contribution >= 4 is 24.2 Å². The molecule has 0 aliphatic carbocycles. The van der Waals surface area contributed by atoms with Gasteiger partial charge in [0, 0.05) is 32.8 Å². The number of hydrogen-bond acceptors (Lipinski definition) is 5. The van der Waals surface area contributed by atoms with Crippen LogP contribution in [0.3, 0.4) is 0 Å². The van der Waals surface area contributed by atoms with Crippen LogP contribution in [0.2, 0.25) is 0 Å². The molecule has 8 nitrogen and oxygen atoms in total. The van der Waals surface area contributed by atoms with Gasteiger partial charge in [-0.15, -0.1) is 12.4 Å². The van der Waals surface area contributed by atoms with E-state index in [1.807, 2.05) is 58.2 Å². The van der Waals surface area contributed by atoms with E-state index in [0.717, 1.165) is 16.8 Å². The molecule has 9 heteroatoms. The maximum atomic E-state index is 12.8.